The number of hydrogen-bond donors (Lipinski definition) is 1. The van der Waals surface area contributed by atoms with Crippen LogP contribution in [0.1, 0.15) is 88.3 Å². The maximum absolute atomic E-state index is 13.6. The number of carbonyl (C=O) groups excluding carboxylic acids is 2. The van der Waals surface area contributed by atoms with E-state index in [9.17, 15) is 19.1 Å². The van der Waals surface area contributed by atoms with Gasteiger partial charge in [0.05, 0.1) is 18.7 Å². The molecule has 5 nitrogen and oxygen atoms in total. The molecule has 36 heavy (non-hydrogen) atoms. The van der Waals surface area contributed by atoms with Gasteiger partial charge in [0.1, 0.15) is 17.3 Å². The summed E-state index contributed by atoms with van der Waals surface area (Å²) in [5, 5.41) is 11.1. The van der Waals surface area contributed by atoms with Crippen LogP contribution in [0.25, 0.3) is 5.76 Å². The summed E-state index contributed by atoms with van der Waals surface area (Å²) in [6.07, 6.45) is 11.7. The third-order valence-electron chi connectivity index (χ3n) is 6.84. The van der Waals surface area contributed by atoms with Crippen LogP contribution in [0.5, 0.6) is 5.75 Å². The van der Waals surface area contributed by atoms with Crippen molar-refractivity contribution in [3.63, 3.8) is 0 Å². The Hall–Kier alpha value is -3.15. The molecule has 1 N–H and O–H groups in total. The zero-order valence-corrected chi connectivity index (χ0v) is 21.5. The number of rotatable bonds is 14. The van der Waals surface area contributed by atoms with E-state index in [1.54, 1.807) is 43.5 Å². The number of unbranched alkanes of at least 4 members (excludes halogenated alkanes) is 9. The van der Waals surface area contributed by atoms with Crippen LogP contribution in [0.3, 0.4) is 0 Å². The average Bonchev–Trinajstić information content (AvgIpc) is 3.14. The number of Topliss-reactive ketones (excluding diaryl/α,β-unsaturated/α-hetero) is 1. The fraction of sp³-hybridized carbons (Fsp3) is 0.467. The van der Waals surface area contributed by atoms with Crippen LogP contribution in [0.2, 0.25) is 0 Å². The highest BCUT2D eigenvalue weighted by atomic mass is 19.1. The Kier molecular flexibility index (Phi) is 10.5. The monoisotopic (exact) mass is 495 g/mol. The van der Waals surface area contributed by atoms with Crippen molar-refractivity contribution >= 4 is 17.4 Å². The minimum atomic E-state index is -0.758. The molecule has 0 bridgehead atoms. The third-order valence-corrected chi connectivity index (χ3v) is 6.84. The number of aliphatic hydroxyl groups is 1. The first kappa shape index (κ1) is 27.4. The third kappa shape index (κ3) is 6.96. The lowest BCUT2D eigenvalue weighted by Crippen LogP contribution is -2.30. The number of nitrogens with zero attached hydrogens (tertiary/aromatic N) is 1. The highest BCUT2D eigenvalue weighted by Crippen LogP contribution is 2.39. The molecule has 1 aliphatic rings. The molecular weight excluding hydrogens is 457 g/mol. The molecule has 0 spiro atoms. The van der Waals surface area contributed by atoms with Crippen molar-refractivity contribution in [2.24, 2.45) is 0 Å². The first-order chi connectivity index (χ1) is 17.5. The van der Waals surface area contributed by atoms with Gasteiger partial charge in [0.15, 0.2) is 0 Å². The van der Waals surface area contributed by atoms with Crippen molar-refractivity contribution in [2.45, 2.75) is 77.2 Å². The number of ether oxygens (including phenoxy) is 1. The molecule has 194 valence electrons. The van der Waals surface area contributed by atoms with E-state index in [1.165, 1.54) is 62.0 Å². The first-order valence-electron chi connectivity index (χ1n) is 13.2. The average molecular weight is 496 g/mol. The molecule has 1 atom stereocenters. The van der Waals surface area contributed by atoms with E-state index >= 15 is 0 Å². The van der Waals surface area contributed by atoms with Crippen molar-refractivity contribution in [3.05, 3.63) is 71.0 Å². The van der Waals surface area contributed by atoms with E-state index in [0.29, 0.717) is 23.4 Å². The Morgan fingerprint density at radius 2 is 1.42 bits per heavy atom. The normalized spacial score (nSPS) is 17.1. The molecule has 2 aromatic carbocycles. The quantitative estimate of drug-likeness (QED) is 0.130. The number of hydrogen-bond acceptors (Lipinski definition) is 4. The molecule has 0 aromatic heterocycles. The maximum atomic E-state index is 13.6. The van der Waals surface area contributed by atoms with Gasteiger partial charge in [-0.25, -0.2) is 4.39 Å². The van der Waals surface area contributed by atoms with Gasteiger partial charge in [-0.15, -0.1) is 0 Å². The van der Waals surface area contributed by atoms with Gasteiger partial charge in [0, 0.05) is 12.1 Å². The number of likely N-dealkylation sites (tertiary alicyclic amines) is 1. The second-order valence-electron chi connectivity index (χ2n) is 9.45. The minimum Gasteiger partial charge on any atom is -0.507 e. The molecule has 2 aromatic rings. The Labute approximate surface area is 214 Å². The van der Waals surface area contributed by atoms with E-state index < -0.39 is 23.5 Å². The molecule has 0 unspecified atom stereocenters. The molecule has 0 radical (unpaired) electrons. The second-order valence-corrected chi connectivity index (χ2v) is 9.45. The van der Waals surface area contributed by atoms with Gasteiger partial charge < -0.3 is 14.7 Å². The first-order valence-corrected chi connectivity index (χ1v) is 13.2. The van der Waals surface area contributed by atoms with Crippen molar-refractivity contribution in [1.29, 1.82) is 0 Å². The summed E-state index contributed by atoms with van der Waals surface area (Å²) in [7, 11) is 1.54. The molecule has 0 saturated carbocycles. The molecule has 1 amide bonds. The predicted molar refractivity (Wildman–Crippen MR) is 140 cm³/mol. The van der Waals surface area contributed by atoms with Crippen LogP contribution in [0.15, 0.2) is 54.1 Å². The molecule has 1 aliphatic heterocycles. The van der Waals surface area contributed by atoms with Crippen LogP contribution in [-0.4, -0.2) is 35.4 Å². The lowest BCUT2D eigenvalue weighted by molar-refractivity contribution is -0.139. The Bertz CT molecular complexity index is 1030. The summed E-state index contributed by atoms with van der Waals surface area (Å²) in [5.41, 5.74) is 1.04. The van der Waals surface area contributed by atoms with Crippen molar-refractivity contribution < 1.29 is 23.8 Å². The van der Waals surface area contributed by atoms with Gasteiger partial charge in [-0.1, -0.05) is 76.8 Å². The van der Waals surface area contributed by atoms with Crippen LogP contribution >= 0.6 is 0 Å². The van der Waals surface area contributed by atoms with Gasteiger partial charge in [0.2, 0.25) is 0 Å². The Balaban J connectivity index is 1.72. The zero-order chi connectivity index (χ0) is 25.9. The Morgan fingerprint density at radius 3 is 1.97 bits per heavy atom. The molecule has 6 heteroatoms. The zero-order valence-electron chi connectivity index (χ0n) is 21.5. The topological polar surface area (TPSA) is 66.8 Å². The smallest absolute Gasteiger partial charge is 0.295 e. The maximum Gasteiger partial charge on any atom is 0.295 e. The van der Waals surface area contributed by atoms with Gasteiger partial charge >= 0.3 is 0 Å². The summed E-state index contributed by atoms with van der Waals surface area (Å²) < 4.78 is 18.8. The molecule has 1 saturated heterocycles. The Morgan fingerprint density at radius 1 is 0.861 bits per heavy atom. The van der Waals surface area contributed by atoms with Crippen molar-refractivity contribution in [3.8, 4) is 5.75 Å². The summed E-state index contributed by atoms with van der Waals surface area (Å²) in [6, 6.07) is 11.6. The summed E-state index contributed by atoms with van der Waals surface area (Å²) >= 11 is 0. The summed E-state index contributed by atoms with van der Waals surface area (Å²) in [4.78, 5) is 27.6. The number of ketones is 1. The number of benzene rings is 2. The summed E-state index contributed by atoms with van der Waals surface area (Å²) in [5.74, 6) is -1.38. The van der Waals surface area contributed by atoms with Crippen LogP contribution in [0.4, 0.5) is 4.39 Å². The van der Waals surface area contributed by atoms with E-state index in [1.807, 2.05) is 0 Å². The molecule has 1 fully saturated rings. The van der Waals surface area contributed by atoms with E-state index in [-0.39, 0.29) is 11.3 Å². The van der Waals surface area contributed by atoms with Crippen molar-refractivity contribution in [2.75, 3.05) is 13.7 Å². The van der Waals surface area contributed by atoms with Crippen LogP contribution < -0.4 is 4.74 Å². The fourth-order valence-electron chi connectivity index (χ4n) is 4.78. The number of aliphatic hydroxyl groups excluding tert-OH is 1. The molecular formula is C30H38FNO4. The fourth-order valence-corrected chi connectivity index (χ4v) is 4.78. The number of amides is 1. The highest BCUT2D eigenvalue weighted by Gasteiger charge is 2.45. The lowest BCUT2D eigenvalue weighted by Gasteiger charge is -2.25. The number of halogens is 1. The lowest BCUT2D eigenvalue weighted by atomic mass is 9.95. The largest absolute Gasteiger partial charge is 0.507 e. The van der Waals surface area contributed by atoms with Gasteiger partial charge in [-0.3, -0.25) is 9.59 Å². The standard InChI is InChI=1S/C30H38FNO4/c1-3-4-5-6-7-8-9-10-11-12-21-32-27(22-13-17-24(31)18-14-22)26(29(34)30(32)35)28(33)23-15-19-25(36-2)20-16-23/h13-20,27,33H,3-12,21H2,1-2H3/t27-/m0/s1. The second kappa shape index (κ2) is 13.8. The van der Waals surface area contributed by atoms with Gasteiger partial charge in [0.25, 0.3) is 11.7 Å². The van der Waals surface area contributed by atoms with Crippen LogP contribution in [0, 0.1) is 5.82 Å². The minimum absolute atomic E-state index is 0.0313. The van der Waals surface area contributed by atoms with E-state index in [2.05, 4.69) is 6.92 Å². The molecule has 0 aliphatic carbocycles. The summed E-state index contributed by atoms with van der Waals surface area (Å²) in [6.45, 7) is 2.63. The van der Waals surface area contributed by atoms with Crippen molar-refractivity contribution in [1.82, 2.24) is 4.90 Å². The van der Waals surface area contributed by atoms with Crippen LogP contribution in [-0.2, 0) is 9.59 Å². The number of methoxy groups -OCH3 is 1. The van der Waals surface area contributed by atoms with Gasteiger partial charge in [-0.05, 0) is 48.4 Å². The SMILES string of the molecule is CCCCCCCCCCCCN1C(=O)C(=O)C(=C(O)c2ccc(OC)cc2)[C@@H]1c1ccc(F)cc1. The molecule has 3 rings (SSSR count). The number of carbonyl (C=O) groups is 2. The van der Waals surface area contributed by atoms with E-state index in [4.69, 9.17) is 4.74 Å². The van der Waals surface area contributed by atoms with E-state index in [0.717, 1.165) is 19.3 Å². The predicted octanol–water partition coefficient (Wildman–Crippen LogP) is 7.18. The van der Waals surface area contributed by atoms with Gasteiger partial charge in [-0.2, -0.15) is 0 Å². The molecule has 1 heterocycles. The highest BCUT2D eigenvalue weighted by molar-refractivity contribution is 6.46.